The van der Waals surface area contributed by atoms with Crippen LogP contribution in [0.4, 0.5) is 0 Å². The van der Waals surface area contributed by atoms with E-state index in [1.165, 1.54) is 12.8 Å². The second kappa shape index (κ2) is 7.10. The number of unbranched alkanes of at least 4 members (excludes halogenated alkanes) is 1. The van der Waals surface area contributed by atoms with Gasteiger partial charge in [0, 0.05) is 12.6 Å². The molecule has 0 N–H and O–H groups in total. The Hall–Kier alpha value is -0.610. The van der Waals surface area contributed by atoms with E-state index in [0.717, 1.165) is 38.8 Å². The normalized spacial score (nSPS) is 28.7. The standard InChI is InChI=1S/C14H25NO3/c1-2-3-9-18-14(16)11-15-8-10-17-13-7-5-4-6-12(13)15/h12-13H,2-11H2,1H3. The van der Waals surface area contributed by atoms with Crippen molar-refractivity contribution in [3.63, 3.8) is 0 Å². The highest BCUT2D eigenvalue weighted by Gasteiger charge is 2.35. The molecule has 2 atom stereocenters. The number of ether oxygens (including phenoxy) is 2. The molecule has 0 amide bonds. The number of hydrogen-bond donors (Lipinski definition) is 0. The molecule has 4 nitrogen and oxygen atoms in total. The average molecular weight is 255 g/mol. The molecule has 2 aliphatic rings. The molecule has 18 heavy (non-hydrogen) atoms. The molecule has 1 aliphatic heterocycles. The van der Waals surface area contributed by atoms with E-state index in [9.17, 15) is 4.79 Å². The number of carbonyl (C=O) groups excluding carboxylic acids is 1. The lowest BCUT2D eigenvalue weighted by Crippen LogP contribution is -2.54. The van der Waals surface area contributed by atoms with Crippen molar-refractivity contribution in [2.24, 2.45) is 0 Å². The van der Waals surface area contributed by atoms with Crippen LogP contribution < -0.4 is 0 Å². The van der Waals surface area contributed by atoms with E-state index in [4.69, 9.17) is 9.47 Å². The monoisotopic (exact) mass is 255 g/mol. The molecular weight excluding hydrogens is 230 g/mol. The summed E-state index contributed by atoms with van der Waals surface area (Å²) in [5.74, 6) is -0.0744. The van der Waals surface area contributed by atoms with Crippen molar-refractivity contribution in [1.29, 1.82) is 0 Å². The van der Waals surface area contributed by atoms with Crippen LogP contribution in [0.1, 0.15) is 45.4 Å². The Balaban J connectivity index is 1.78. The van der Waals surface area contributed by atoms with E-state index in [1.54, 1.807) is 0 Å². The van der Waals surface area contributed by atoms with E-state index in [0.29, 0.717) is 25.3 Å². The molecule has 2 fully saturated rings. The van der Waals surface area contributed by atoms with Crippen LogP contribution in [-0.2, 0) is 14.3 Å². The first-order valence-electron chi connectivity index (χ1n) is 7.32. The van der Waals surface area contributed by atoms with Gasteiger partial charge in [0.15, 0.2) is 0 Å². The van der Waals surface area contributed by atoms with Gasteiger partial charge >= 0.3 is 5.97 Å². The molecule has 0 spiro atoms. The number of esters is 1. The van der Waals surface area contributed by atoms with Crippen LogP contribution in [0.25, 0.3) is 0 Å². The average Bonchev–Trinajstić information content (AvgIpc) is 2.39. The molecule has 0 radical (unpaired) electrons. The van der Waals surface area contributed by atoms with Gasteiger partial charge in [-0.25, -0.2) is 0 Å². The Bertz CT molecular complexity index is 268. The van der Waals surface area contributed by atoms with Crippen LogP contribution in [0.3, 0.4) is 0 Å². The van der Waals surface area contributed by atoms with Crippen LogP contribution in [0.2, 0.25) is 0 Å². The molecule has 1 aliphatic carbocycles. The molecule has 1 heterocycles. The maximum Gasteiger partial charge on any atom is 0.320 e. The zero-order valence-electron chi connectivity index (χ0n) is 11.4. The maximum atomic E-state index is 11.8. The Morgan fingerprint density at radius 2 is 2.22 bits per heavy atom. The lowest BCUT2D eigenvalue weighted by atomic mass is 9.90. The molecule has 0 aromatic rings. The van der Waals surface area contributed by atoms with Gasteiger partial charge in [-0.05, 0) is 19.3 Å². The molecule has 2 unspecified atom stereocenters. The van der Waals surface area contributed by atoms with Gasteiger partial charge in [-0.15, -0.1) is 0 Å². The molecule has 4 heteroatoms. The molecule has 1 saturated carbocycles. The second-order valence-corrected chi connectivity index (χ2v) is 5.31. The molecule has 0 bridgehead atoms. The highest BCUT2D eigenvalue weighted by molar-refractivity contribution is 5.71. The van der Waals surface area contributed by atoms with Crippen LogP contribution >= 0.6 is 0 Å². The molecule has 104 valence electrons. The van der Waals surface area contributed by atoms with Crippen molar-refractivity contribution in [2.75, 3.05) is 26.3 Å². The minimum atomic E-state index is -0.0744. The smallest absolute Gasteiger partial charge is 0.320 e. The van der Waals surface area contributed by atoms with Gasteiger partial charge in [0.05, 0.1) is 25.9 Å². The van der Waals surface area contributed by atoms with Crippen molar-refractivity contribution < 1.29 is 14.3 Å². The summed E-state index contributed by atoms with van der Waals surface area (Å²) in [6, 6.07) is 0.436. The summed E-state index contributed by atoms with van der Waals surface area (Å²) < 4.78 is 11.0. The first-order chi connectivity index (χ1) is 8.81. The summed E-state index contributed by atoms with van der Waals surface area (Å²) in [5, 5.41) is 0. The summed E-state index contributed by atoms with van der Waals surface area (Å²) in [4.78, 5) is 14.0. The first-order valence-corrected chi connectivity index (χ1v) is 7.32. The van der Waals surface area contributed by atoms with Gasteiger partial charge in [0.1, 0.15) is 0 Å². The summed E-state index contributed by atoms with van der Waals surface area (Å²) in [5.41, 5.74) is 0. The maximum absolute atomic E-state index is 11.8. The van der Waals surface area contributed by atoms with E-state index in [1.807, 2.05) is 0 Å². The summed E-state index contributed by atoms with van der Waals surface area (Å²) >= 11 is 0. The Morgan fingerprint density at radius 1 is 1.39 bits per heavy atom. The molecule has 0 aromatic heterocycles. The zero-order chi connectivity index (χ0) is 12.8. The SMILES string of the molecule is CCCCOC(=O)CN1CCOC2CCCCC21. The Kier molecular flexibility index (Phi) is 5.45. The largest absolute Gasteiger partial charge is 0.465 e. The number of carbonyl (C=O) groups is 1. The van der Waals surface area contributed by atoms with Gasteiger partial charge in [-0.1, -0.05) is 26.2 Å². The first kappa shape index (κ1) is 13.8. The number of hydrogen-bond acceptors (Lipinski definition) is 4. The summed E-state index contributed by atoms with van der Waals surface area (Å²) in [7, 11) is 0. The number of rotatable bonds is 5. The molecular formula is C14H25NO3. The van der Waals surface area contributed by atoms with E-state index >= 15 is 0 Å². The number of nitrogens with zero attached hydrogens (tertiary/aromatic N) is 1. The minimum Gasteiger partial charge on any atom is -0.465 e. The lowest BCUT2D eigenvalue weighted by molar-refractivity contribution is -0.150. The number of fused-ring (bicyclic) bond motifs is 1. The van der Waals surface area contributed by atoms with Crippen LogP contribution in [0.5, 0.6) is 0 Å². The highest BCUT2D eigenvalue weighted by atomic mass is 16.5. The van der Waals surface area contributed by atoms with Crippen molar-refractivity contribution in [2.45, 2.75) is 57.6 Å². The van der Waals surface area contributed by atoms with Gasteiger partial charge in [-0.2, -0.15) is 0 Å². The van der Waals surface area contributed by atoms with Crippen molar-refractivity contribution in [3.8, 4) is 0 Å². The van der Waals surface area contributed by atoms with Gasteiger partial charge in [0.25, 0.3) is 0 Å². The van der Waals surface area contributed by atoms with Crippen molar-refractivity contribution >= 4 is 5.97 Å². The Morgan fingerprint density at radius 3 is 3.06 bits per heavy atom. The van der Waals surface area contributed by atoms with Gasteiger partial charge in [0.2, 0.25) is 0 Å². The van der Waals surface area contributed by atoms with Gasteiger partial charge in [-0.3, -0.25) is 9.69 Å². The van der Waals surface area contributed by atoms with Crippen molar-refractivity contribution in [1.82, 2.24) is 4.90 Å². The van der Waals surface area contributed by atoms with Crippen LogP contribution in [-0.4, -0.2) is 49.3 Å². The zero-order valence-corrected chi connectivity index (χ0v) is 11.4. The quantitative estimate of drug-likeness (QED) is 0.556. The Labute approximate surface area is 110 Å². The third kappa shape index (κ3) is 3.69. The second-order valence-electron chi connectivity index (χ2n) is 5.31. The topological polar surface area (TPSA) is 38.8 Å². The van der Waals surface area contributed by atoms with Gasteiger partial charge < -0.3 is 9.47 Å². The summed E-state index contributed by atoms with van der Waals surface area (Å²) in [6.45, 7) is 4.72. The third-order valence-electron chi connectivity index (χ3n) is 3.94. The fourth-order valence-electron chi connectivity index (χ4n) is 2.91. The predicted octanol–water partition coefficient (Wildman–Crippen LogP) is 1.97. The lowest BCUT2D eigenvalue weighted by Gasteiger charge is -2.43. The molecule has 0 aromatic carbocycles. The van der Waals surface area contributed by atoms with Crippen LogP contribution in [0, 0.1) is 0 Å². The third-order valence-corrected chi connectivity index (χ3v) is 3.94. The van der Waals surface area contributed by atoms with Crippen molar-refractivity contribution in [3.05, 3.63) is 0 Å². The highest BCUT2D eigenvalue weighted by Crippen LogP contribution is 2.28. The number of morpholine rings is 1. The fourth-order valence-corrected chi connectivity index (χ4v) is 2.91. The molecule has 2 rings (SSSR count). The van der Waals surface area contributed by atoms with E-state index < -0.39 is 0 Å². The summed E-state index contributed by atoms with van der Waals surface area (Å²) in [6.07, 6.45) is 7.19. The minimum absolute atomic E-state index is 0.0744. The van der Waals surface area contributed by atoms with E-state index in [-0.39, 0.29) is 5.97 Å². The van der Waals surface area contributed by atoms with E-state index in [2.05, 4.69) is 11.8 Å². The molecule has 1 saturated heterocycles. The predicted molar refractivity (Wildman–Crippen MR) is 69.4 cm³/mol. The fraction of sp³-hybridized carbons (Fsp3) is 0.929. The van der Waals surface area contributed by atoms with Crippen LogP contribution in [0.15, 0.2) is 0 Å².